The Kier molecular flexibility index (Phi) is 3.49. The van der Waals surface area contributed by atoms with Gasteiger partial charge in [0.2, 0.25) is 5.78 Å². The molecule has 1 aromatic rings. The summed E-state index contributed by atoms with van der Waals surface area (Å²) in [5.74, 6) is 0.0731. The van der Waals surface area contributed by atoms with Crippen LogP contribution < -0.4 is 11.1 Å². The van der Waals surface area contributed by atoms with Crippen LogP contribution in [-0.2, 0) is 5.54 Å². The minimum Gasteiger partial charge on any atom is -0.321 e. The van der Waals surface area contributed by atoms with Gasteiger partial charge in [0.25, 0.3) is 0 Å². The predicted molar refractivity (Wildman–Crippen MR) is 57.5 cm³/mol. The topological polar surface area (TPSA) is 80.9 Å². The van der Waals surface area contributed by atoms with E-state index in [2.05, 4.69) is 15.3 Å². The fraction of sp³-hybridized carbons (Fsp3) is 0.500. The fourth-order valence-corrected chi connectivity index (χ4v) is 1.09. The van der Waals surface area contributed by atoms with E-state index in [1.165, 1.54) is 0 Å². The van der Waals surface area contributed by atoms with Gasteiger partial charge < -0.3 is 11.1 Å². The van der Waals surface area contributed by atoms with Crippen molar-refractivity contribution in [2.24, 2.45) is 5.73 Å². The molecule has 0 saturated carbocycles. The summed E-state index contributed by atoms with van der Waals surface area (Å²) in [6.07, 6.45) is 1.56. The lowest BCUT2D eigenvalue weighted by Gasteiger charge is -2.17. The first kappa shape index (κ1) is 11.7. The number of Topliss-reactive ketones (excluding diaryl/α,β-unsaturated/α-hetero) is 1. The predicted octanol–water partition coefficient (Wildman–Crippen LogP) is 0.0725. The molecule has 0 amide bonds. The third kappa shape index (κ3) is 3.07. The third-order valence-electron chi connectivity index (χ3n) is 1.90. The van der Waals surface area contributed by atoms with Gasteiger partial charge in [-0.25, -0.2) is 9.97 Å². The van der Waals surface area contributed by atoms with Gasteiger partial charge in [0.15, 0.2) is 5.82 Å². The van der Waals surface area contributed by atoms with E-state index in [0.29, 0.717) is 5.69 Å². The Morgan fingerprint density at radius 2 is 2.27 bits per heavy atom. The van der Waals surface area contributed by atoms with Gasteiger partial charge in [-0.15, -0.1) is 0 Å². The summed E-state index contributed by atoms with van der Waals surface area (Å²) in [6, 6.07) is 1.72. The molecule has 0 bridgehead atoms. The van der Waals surface area contributed by atoms with Crippen LogP contribution in [0.2, 0.25) is 0 Å². The molecule has 0 unspecified atom stereocenters. The van der Waals surface area contributed by atoms with Gasteiger partial charge in [0, 0.05) is 6.20 Å². The number of rotatable bonds is 4. The summed E-state index contributed by atoms with van der Waals surface area (Å²) in [5, 5.41) is 2.76. The zero-order valence-corrected chi connectivity index (χ0v) is 9.24. The Hall–Kier alpha value is -1.33. The molecular weight excluding hydrogens is 192 g/mol. The fourth-order valence-electron chi connectivity index (χ4n) is 1.09. The number of carbonyl (C=O) groups is 1. The van der Waals surface area contributed by atoms with Crippen molar-refractivity contribution in [3.8, 4) is 0 Å². The molecule has 5 nitrogen and oxygen atoms in total. The van der Waals surface area contributed by atoms with E-state index in [0.717, 1.165) is 0 Å². The average Bonchev–Trinajstić information content (AvgIpc) is 2.17. The largest absolute Gasteiger partial charge is 0.321 e. The molecule has 5 heteroatoms. The number of nitrogens with one attached hydrogen (secondary N) is 1. The highest BCUT2D eigenvalue weighted by atomic mass is 16.1. The van der Waals surface area contributed by atoms with Crippen molar-refractivity contribution < 1.29 is 4.79 Å². The summed E-state index contributed by atoms with van der Waals surface area (Å²) in [4.78, 5) is 19.5. The van der Waals surface area contributed by atoms with Crippen LogP contribution in [-0.4, -0.2) is 29.3 Å². The van der Waals surface area contributed by atoms with Crippen LogP contribution in [0, 0.1) is 0 Å². The summed E-state index contributed by atoms with van der Waals surface area (Å²) in [5.41, 5.74) is 5.99. The van der Waals surface area contributed by atoms with Crippen molar-refractivity contribution in [1.29, 1.82) is 0 Å². The molecular formula is C10H16N4O. The maximum Gasteiger partial charge on any atom is 0.213 e. The monoisotopic (exact) mass is 208 g/mol. The molecule has 0 aliphatic carbocycles. The Balaban J connectivity index is 2.98. The molecule has 0 atom stereocenters. The van der Waals surface area contributed by atoms with Crippen molar-refractivity contribution in [1.82, 2.24) is 15.3 Å². The van der Waals surface area contributed by atoms with E-state index in [1.807, 2.05) is 13.8 Å². The number of likely N-dealkylation sites (N-methyl/N-ethyl adjacent to an activating group) is 1. The Morgan fingerprint density at radius 1 is 1.60 bits per heavy atom. The zero-order chi connectivity index (χ0) is 11.5. The average molecular weight is 208 g/mol. The normalized spacial score (nSPS) is 11.5. The molecule has 0 aliphatic heterocycles. The second kappa shape index (κ2) is 4.46. The first-order valence-corrected chi connectivity index (χ1v) is 4.75. The van der Waals surface area contributed by atoms with E-state index < -0.39 is 5.54 Å². The van der Waals surface area contributed by atoms with Crippen LogP contribution in [0.4, 0.5) is 0 Å². The van der Waals surface area contributed by atoms with Gasteiger partial charge in [-0.05, 0) is 27.0 Å². The Bertz CT molecular complexity index is 357. The van der Waals surface area contributed by atoms with Gasteiger partial charge in [0.05, 0.1) is 17.8 Å². The second-order valence-corrected chi connectivity index (χ2v) is 3.94. The van der Waals surface area contributed by atoms with Crippen LogP contribution in [0.15, 0.2) is 12.3 Å². The van der Waals surface area contributed by atoms with Crippen LogP contribution in [0.1, 0.15) is 30.2 Å². The maximum atomic E-state index is 11.5. The van der Waals surface area contributed by atoms with E-state index in [1.54, 1.807) is 19.3 Å². The van der Waals surface area contributed by atoms with Crippen LogP contribution in [0.25, 0.3) is 0 Å². The first-order valence-electron chi connectivity index (χ1n) is 4.75. The highest BCUT2D eigenvalue weighted by Crippen LogP contribution is 2.13. The van der Waals surface area contributed by atoms with Crippen LogP contribution >= 0.6 is 0 Å². The van der Waals surface area contributed by atoms with Gasteiger partial charge >= 0.3 is 0 Å². The van der Waals surface area contributed by atoms with Crippen molar-refractivity contribution in [3.05, 3.63) is 23.8 Å². The lowest BCUT2D eigenvalue weighted by atomic mass is 10.0. The summed E-state index contributed by atoms with van der Waals surface area (Å²) in [6.45, 7) is 3.90. The lowest BCUT2D eigenvalue weighted by molar-refractivity contribution is 0.0983. The molecule has 0 spiro atoms. The van der Waals surface area contributed by atoms with Gasteiger partial charge in [-0.3, -0.25) is 4.79 Å². The first-order chi connectivity index (χ1) is 6.95. The minimum absolute atomic E-state index is 0.136. The Labute approximate surface area is 89.1 Å². The molecule has 15 heavy (non-hydrogen) atoms. The molecule has 3 N–H and O–H groups in total. The molecule has 0 aliphatic rings. The van der Waals surface area contributed by atoms with Gasteiger partial charge in [0.1, 0.15) is 0 Å². The lowest BCUT2D eigenvalue weighted by Crippen LogP contribution is -2.31. The number of ketones is 1. The van der Waals surface area contributed by atoms with Gasteiger partial charge in [-0.2, -0.15) is 0 Å². The van der Waals surface area contributed by atoms with Crippen molar-refractivity contribution in [3.63, 3.8) is 0 Å². The second-order valence-electron chi connectivity index (χ2n) is 3.94. The zero-order valence-electron chi connectivity index (χ0n) is 9.24. The number of aromatic nitrogens is 2. The SMILES string of the molecule is CNCC(=O)c1nccc(C(C)(C)N)n1. The van der Waals surface area contributed by atoms with Crippen LogP contribution in [0.5, 0.6) is 0 Å². The van der Waals surface area contributed by atoms with Crippen LogP contribution in [0.3, 0.4) is 0 Å². The highest BCUT2D eigenvalue weighted by molar-refractivity contribution is 5.94. The smallest absolute Gasteiger partial charge is 0.213 e. The molecule has 1 rings (SSSR count). The number of nitrogens with zero attached hydrogens (tertiary/aromatic N) is 2. The summed E-state index contributed by atoms with van der Waals surface area (Å²) >= 11 is 0. The number of nitrogens with two attached hydrogens (primary N) is 1. The molecule has 1 heterocycles. The van der Waals surface area contributed by atoms with Gasteiger partial charge in [-0.1, -0.05) is 0 Å². The number of carbonyl (C=O) groups excluding carboxylic acids is 1. The molecule has 82 valence electrons. The molecule has 1 aromatic heterocycles. The van der Waals surface area contributed by atoms with Crippen molar-refractivity contribution in [2.75, 3.05) is 13.6 Å². The summed E-state index contributed by atoms with van der Waals surface area (Å²) < 4.78 is 0. The quantitative estimate of drug-likeness (QED) is 0.684. The third-order valence-corrected chi connectivity index (χ3v) is 1.90. The molecule has 0 saturated heterocycles. The molecule has 0 aromatic carbocycles. The van der Waals surface area contributed by atoms with Crippen molar-refractivity contribution >= 4 is 5.78 Å². The van der Waals surface area contributed by atoms with Crippen molar-refractivity contribution in [2.45, 2.75) is 19.4 Å². The standard InChI is InChI=1S/C10H16N4O/c1-10(2,11)8-4-5-13-9(14-8)7(15)6-12-3/h4-5,12H,6,11H2,1-3H3. The molecule has 0 fully saturated rings. The van der Waals surface area contributed by atoms with E-state index >= 15 is 0 Å². The maximum absolute atomic E-state index is 11.5. The molecule has 0 radical (unpaired) electrons. The van der Waals surface area contributed by atoms with E-state index in [4.69, 9.17) is 5.73 Å². The van der Waals surface area contributed by atoms with E-state index in [-0.39, 0.29) is 18.2 Å². The number of hydrogen-bond acceptors (Lipinski definition) is 5. The Morgan fingerprint density at radius 3 is 2.80 bits per heavy atom. The van der Waals surface area contributed by atoms with E-state index in [9.17, 15) is 4.79 Å². The minimum atomic E-state index is -0.558. The summed E-state index contributed by atoms with van der Waals surface area (Å²) in [7, 11) is 1.70. The number of hydrogen-bond donors (Lipinski definition) is 2. The highest BCUT2D eigenvalue weighted by Gasteiger charge is 2.18.